The van der Waals surface area contributed by atoms with Gasteiger partial charge in [-0.1, -0.05) is 37.8 Å². The average Bonchev–Trinajstić information content (AvgIpc) is 2.19. The molecule has 0 amide bonds. The number of rotatable bonds is 5. The molecule has 0 heterocycles. The first kappa shape index (κ1) is 9.85. The summed E-state index contributed by atoms with van der Waals surface area (Å²) in [7, 11) is 0. The molecule has 0 saturated carbocycles. The Kier molecular flexibility index (Phi) is 4.10. The molecule has 0 aliphatic heterocycles. The molecule has 0 aliphatic rings. The summed E-state index contributed by atoms with van der Waals surface area (Å²) in [5, 5.41) is 3.09. The van der Waals surface area contributed by atoms with Gasteiger partial charge in [0.2, 0.25) is 0 Å². The van der Waals surface area contributed by atoms with Crippen molar-refractivity contribution >= 4 is 0 Å². The van der Waals surface area contributed by atoms with Crippen LogP contribution in [-0.4, -0.2) is 6.54 Å². The van der Waals surface area contributed by atoms with Gasteiger partial charge in [-0.3, -0.25) is 0 Å². The summed E-state index contributed by atoms with van der Waals surface area (Å²) < 4.78 is 0. The van der Waals surface area contributed by atoms with E-state index in [2.05, 4.69) is 43.1 Å². The Morgan fingerprint density at radius 3 is 2.38 bits per heavy atom. The molecule has 1 rings (SSSR count). The Morgan fingerprint density at radius 1 is 1.23 bits per heavy atom. The SMILES string of the molecule is C=CNCCc1ccc(CC)cc1. The molecular formula is C12H17N. The van der Waals surface area contributed by atoms with Gasteiger partial charge >= 0.3 is 0 Å². The quantitative estimate of drug-likeness (QED) is 0.678. The lowest BCUT2D eigenvalue weighted by Gasteiger charge is -2.02. The number of nitrogens with one attached hydrogen (secondary N) is 1. The summed E-state index contributed by atoms with van der Waals surface area (Å²) in [6.45, 7) is 6.75. The standard InChI is InChI=1S/C12H17N/c1-3-11-5-7-12(8-6-11)9-10-13-4-2/h4-8,13H,2-3,9-10H2,1H3. The molecule has 1 aromatic carbocycles. The number of hydrogen-bond donors (Lipinski definition) is 1. The van der Waals surface area contributed by atoms with Crippen LogP contribution < -0.4 is 5.32 Å². The largest absolute Gasteiger partial charge is 0.391 e. The molecule has 1 heteroatoms. The molecule has 0 radical (unpaired) electrons. The van der Waals surface area contributed by atoms with Crippen LogP contribution in [0.15, 0.2) is 37.0 Å². The van der Waals surface area contributed by atoms with Crippen LogP contribution in [0.2, 0.25) is 0 Å². The van der Waals surface area contributed by atoms with E-state index < -0.39 is 0 Å². The monoisotopic (exact) mass is 175 g/mol. The van der Waals surface area contributed by atoms with E-state index in [4.69, 9.17) is 0 Å². The lowest BCUT2D eigenvalue weighted by molar-refractivity contribution is 0.833. The van der Waals surface area contributed by atoms with Gasteiger partial charge in [0, 0.05) is 6.54 Å². The topological polar surface area (TPSA) is 12.0 Å². The summed E-state index contributed by atoms with van der Waals surface area (Å²) in [6, 6.07) is 8.79. The number of hydrogen-bond acceptors (Lipinski definition) is 1. The summed E-state index contributed by atoms with van der Waals surface area (Å²) in [6.07, 6.45) is 3.92. The molecule has 0 aliphatic carbocycles. The molecule has 1 N–H and O–H groups in total. The van der Waals surface area contributed by atoms with E-state index in [0.29, 0.717) is 0 Å². The third-order valence-corrected chi connectivity index (χ3v) is 2.13. The first-order valence-electron chi connectivity index (χ1n) is 4.79. The van der Waals surface area contributed by atoms with E-state index in [1.165, 1.54) is 11.1 Å². The Bertz CT molecular complexity index is 248. The minimum Gasteiger partial charge on any atom is -0.391 e. The molecule has 70 valence electrons. The zero-order chi connectivity index (χ0) is 9.52. The van der Waals surface area contributed by atoms with Gasteiger partial charge in [0.25, 0.3) is 0 Å². The van der Waals surface area contributed by atoms with Gasteiger partial charge in [0.05, 0.1) is 0 Å². The van der Waals surface area contributed by atoms with Gasteiger partial charge in [-0.25, -0.2) is 0 Å². The van der Waals surface area contributed by atoms with Crippen LogP contribution in [0.5, 0.6) is 0 Å². The molecule has 0 bridgehead atoms. The molecule has 0 aromatic heterocycles. The van der Waals surface area contributed by atoms with Crippen LogP contribution in [0.4, 0.5) is 0 Å². The highest BCUT2D eigenvalue weighted by atomic mass is 14.8. The van der Waals surface area contributed by atoms with Crippen LogP contribution in [0.25, 0.3) is 0 Å². The molecule has 0 fully saturated rings. The van der Waals surface area contributed by atoms with Crippen LogP contribution in [0.3, 0.4) is 0 Å². The molecular weight excluding hydrogens is 158 g/mol. The van der Waals surface area contributed by atoms with E-state index in [0.717, 1.165) is 19.4 Å². The van der Waals surface area contributed by atoms with Crippen molar-refractivity contribution in [3.05, 3.63) is 48.2 Å². The second-order valence-corrected chi connectivity index (χ2v) is 3.08. The zero-order valence-corrected chi connectivity index (χ0v) is 8.22. The maximum absolute atomic E-state index is 3.61. The van der Waals surface area contributed by atoms with Crippen molar-refractivity contribution < 1.29 is 0 Å². The summed E-state index contributed by atoms with van der Waals surface area (Å²) in [4.78, 5) is 0. The minimum atomic E-state index is 0.967. The average molecular weight is 175 g/mol. The highest BCUT2D eigenvalue weighted by molar-refractivity contribution is 5.22. The maximum atomic E-state index is 3.61. The van der Waals surface area contributed by atoms with Gasteiger partial charge < -0.3 is 5.32 Å². The molecule has 0 saturated heterocycles. The van der Waals surface area contributed by atoms with Crippen LogP contribution in [-0.2, 0) is 12.8 Å². The van der Waals surface area contributed by atoms with Crippen molar-refractivity contribution in [3.8, 4) is 0 Å². The van der Waals surface area contributed by atoms with Crippen LogP contribution >= 0.6 is 0 Å². The third-order valence-electron chi connectivity index (χ3n) is 2.13. The highest BCUT2D eigenvalue weighted by Gasteiger charge is 1.92. The van der Waals surface area contributed by atoms with Crippen molar-refractivity contribution in [2.24, 2.45) is 0 Å². The summed E-state index contributed by atoms with van der Waals surface area (Å²) >= 11 is 0. The summed E-state index contributed by atoms with van der Waals surface area (Å²) in [5.74, 6) is 0. The Hall–Kier alpha value is -1.24. The van der Waals surface area contributed by atoms with Crippen molar-refractivity contribution in [3.63, 3.8) is 0 Å². The van der Waals surface area contributed by atoms with Gasteiger partial charge in [-0.15, -0.1) is 0 Å². The maximum Gasteiger partial charge on any atom is 0.0181 e. The second-order valence-electron chi connectivity index (χ2n) is 3.08. The first-order chi connectivity index (χ1) is 6.36. The Balaban J connectivity index is 2.44. The van der Waals surface area contributed by atoms with E-state index in [9.17, 15) is 0 Å². The van der Waals surface area contributed by atoms with Gasteiger partial charge in [0.15, 0.2) is 0 Å². The van der Waals surface area contributed by atoms with Crippen molar-refractivity contribution in [2.45, 2.75) is 19.8 Å². The van der Waals surface area contributed by atoms with Gasteiger partial charge in [-0.2, -0.15) is 0 Å². The van der Waals surface area contributed by atoms with E-state index in [1.54, 1.807) is 6.20 Å². The molecule has 1 aromatic rings. The molecule has 0 atom stereocenters. The highest BCUT2D eigenvalue weighted by Crippen LogP contribution is 2.04. The first-order valence-corrected chi connectivity index (χ1v) is 4.79. The van der Waals surface area contributed by atoms with E-state index in [1.807, 2.05) is 0 Å². The van der Waals surface area contributed by atoms with Crippen molar-refractivity contribution in [2.75, 3.05) is 6.54 Å². The minimum absolute atomic E-state index is 0.967. The van der Waals surface area contributed by atoms with E-state index in [-0.39, 0.29) is 0 Å². The number of aryl methyl sites for hydroxylation is 1. The third kappa shape index (κ3) is 3.32. The lowest BCUT2D eigenvalue weighted by Crippen LogP contribution is -2.08. The smallest absolute Gasteiger partial charge is 0.0181 e. The van der Waals surface area contributed by atoms with Gasteiger partial charge in [0.1, 0.15) is 0 Å². The normalized spacial score (nSPS) is 9.62. The molecule has 1 nitrogen and oxygen atoms in total. The Labute approximate surface area is 80.5 Å². The van der Waals surface area contributed by atoms with Crippen molar-refractivity contribution in [1.29, 1.82) is 0 Å². The van der Waals surface area contributed by atoms with Crippen LogP contribution in [0.1, 0.15) is 18.1 Å². The molecule has 13 heavy (non-hydrogen) atoms. The lowest BCUT2D eigenvalue weighted by atomic mass is 10.1. The van der Waals surface area contributed by atoms with E-state index >= 15 is 0 Å². The van der Waals surface area contributed by atoms with Gasteiger partial charge in [-0.05, 0) is 30.2 Å². The second kappa shape index (κ2) is 5.41. The zero-order valence-electron chi connectivity index (χ0n) is 8.22. The number of benzene rings is 1. The molecule has 0 spiro atoms. The fourth-order valence-corrected chi connectivity index (χ4v) is 1.26. The van der Waals surface area contributed by atoms with Crippen LogP contribution in [0, 0.1) is 0 Å². The summed E-state index contributed by atoms with van der Waals surface area (Å²) in [5.41, 5.74) is 2.78. The predicted octanol–water partition coefficient (Wildman–Crippen LogP) is 2.52. The fraction of sp³-hybridized carbons (Fsp3) is 0.333. The Morgan fingerprint density at radius 2 is 1.85 bits per heavy atom. The predicted molar refractivity (Wildman–Crippen MR) is 57.7 cm³/mol. The molecule has 0 unspecified atom stereocenters. The fourth-order valence-electron chi connectivity index (χ4n) is 1.26. The van der Waals surface area contributed by atoms with Crippen molar-refractivity contribution in [1.82, 2.24) is 5.32 Å².